The number of hydrogen-bond acceptors (Lipinski definition) is 5. The monoisotopic (exact) mass is 335 g/mol. The summed E-state index contributed by atoms with van der Waals surface area (Å²) in [6.07, 6.45) is 2.37. The number of ether oxygens (including phenoxy) is 2. The van der Waals surface area contributed by atoms with E-state index in [0.717, 1.165) is 12.2 Å². The number of amides is 1. The second-order valence-corrected chi connectivity index (χ2v) is 6.03. The number of thioether (sulfide) groups is 1. The zero-order valence-corrected chi connectivity index (χ0v) is 14.3. The summed E-state index contributed by atoms with van der Waals surface area (Å²) in [6, 6.07) is 9.06. The first-order chi connectivity index (χ1) is 11.2. The van der Waals surface area contributed by atoms with Crippen molar-refractivity contribution in [1.29, 1.82) is 0 Å². The molecular formula is C17H21NO4S. The molecule has 0 fully saturated rings. The normalized spacial score (nSPS) is 11.8. The molecular weight excluding hydrogens is 314 g/mol. The average Bonchev–Trinajstić information content (AvgIpc) is 3.09. The topological polar surface area (TPSA) is 60.7 Å². The summed E-state index contributed by atoms with van der Waals surface area (Å²) in [4.78, 5) is 12.5. The number of anilines is 1. The van der Waals surface area contributed by atoms with Crippen molar-refractivity contribution in [3.8, 4) is 11.5 Å². The fourth-order valence-corrected chi connectivity index (χ4v) is 3.05. The van der Waals surface area contributed by atoms with Crippen molar-refractivity contribution < 1.29 is 18.7 Å². The molecule has 0 radical (unpaired) electrons. The minimum Gasteiger partial charge on any atom is -0.497 e. The predicted octanol–water partition coefficient (Wildman–Crippen LogP) is 3.95. The van der Waals surface area contributed by atoms with Crippen LogP contribution in [-0.2, 0) is 10.5 Å². The Kier molecular flexibility index (Phi) is 6.40. The van der Waals surface area contributed by atoms with Gasteiger partial charge in [-0.2, -0.15) is 0 Å². The molecule has 1 N–H and O–H groups in total. The molecule has 124 valence electrons. The van der Waals surface area contributed by atoms with Gasteiger partial charge >= 0.3 is 0 Å². The van der Waals surface area contributed by atoms with Gasteiger partial charge < -0.3 is 19.2 Å². The second-order valence-electron chi connectivity index (χ2n) is 4.84. The molecule has 0 aliphatic heterocycles. The molecule has 23 heavy (non-hydrogen) atoms. The zero-order chi connectivity index (χ0) is 16.7. The summed E-state index contributed by atoms with van der Waals surface area (Å²) in [6.45, 7) is 1.99. The minimum atomic E-state index is -0.160. The van der Waals surface area contributed by atoms with Crippen LogP contribution in [-0.4, -0.2) is 25.4 Å². The Balaban J connectivity index is 2.01. The van der Waals surface area contributed by atoms with Gasteiger partial charge in [0, 0.05) is 6.07 Å². The summed E-state index contributed by atoms with van der Waals surface area (Å²) >= 11 is 1.56. The summed E-state index contributed by atoms with van der Waals surface area (Å²) in [5.41, 5.74) is 0.635. The maximum atomic E-state index is 12.5. The van der Waals surface area contributed by atoms with Gasteiger partial charge in [0.1, 0.15) is 17.3 Å². The van der Waals surface area contributed by atoms with Gasteiger partial charge in [-0.05, 0) is 30.7 Å². The van der Waals surface area contributed by atoms with Crippen LogP contribution in [0.1, 0.15) is 19.1 Å². The third kappa shape index (κ3) is 4.69. The van der Waals surface area contributed by atoms with Crippen molar-refractivity contribution in [3.63, 3.8) is 0 Å². The number of benzene rings is 1. The molecule has 2 aromatic rings. The summed E-state index contributed by atoms with van der Waals surface area (Å²) in [7, 11) is 3.15. The fraction of sp³-hybridized carbons (Fsp3) is 0.353. The molecule has 0 aliphatic rings. The SMILES string of the molecule is CCC(SCc1ccco1)C(=O)Nc1ccc(OC)cc1OC. The van der Waals surface area contributed by atoms with Crippen molar-refractivity contribution in [2.75, 3.05) is 19.5 Å². The molecule has 5 nitrogen and oxygen atoms in total. The van der Waals surface area contributed by atoms with Crippen molar-refractivity contribution in [1.82, 2.24) is 0 Å². The van der Waals surface area contributed by atoms with Gasteiger partial charge in [-0.25, -0.2) is 0 Å². The largest absolute Gasteiger partial charge is 0.497 e. The lowest BCUT2D eigenvalue weighted by molar-refractivity contribution is -0.115. The van der Waals surface area contributed by atoms with Crippen molar-refractivity contribution in [2.24, 2.45) is 0 Å². The van der Waals surface area contributed by atoms with Crippen LogP contribution in [0.5, 0.6) is 11.5 Å². The molecule has 1 amide bonds. The molecule has 0 bridgehead atoms. The quantitative estimate of drug-likeness (QED) is 0.791. The summed E-state index contributed by atoms with van der Waals surface area (Å²) < 4.78 is 15.8. The first kappa shape index (κ1) is 17.3. The number of carbonyl (C=O) groups is 1. The summed E-state index contributed by atoms with van der Waals surface area (Å²) in [5, 5.41) is 2.76. The highest BCUT2D eigenvalue weighted by molar-refractivity contribution is 7.99. The van der Waals surface area contributed by atoms with Gasteiger partial charge in [0.05, 0.1) is 37.2 Å². The molecule has 1 heterocycles. The van der Waals surface area contributed by atoms with E-state index in [1.54, 1.807) is 50.4 Å². The maximum Gasteiger partial charge on any atom is 0.237 e. The van der Waals surface area contributed by atoms with E-state index in [1.165, 1.54) is 0 Å². The standard InChI is InChI=1S/C17H21NO4S/c1-4-16(23-11-13-6-5-9-22-13)17(19)18-14-8-7-12(20-2)10-15(14)21-3/h5-10,16H,4,11H2,1-3H3,(H,18,19). The number of methoxy groups -OCH3 is 2. The van der Waals surface area contributed by atoms with Crippen molar-refractivity contribution in [2.45, 2.75) is 24.3 Å². The van der Waals surface area contributed by atoms with Crippen LogP contribution < -0.4 is 14.8 Å². The van der Waals surface area contributed by atoms with E-state index in [-0.39, 0.29) is 11.2 Å². The number of rotatable bonds is 8. The van der Waals surface area contributed by atoms with Gasteiger partial charge in [0.2, 0.25) is 5.91 Å². The highest BCUT2D eigenvalue weighted by atomic mass is 32.2. The van der Waals surface area contributed by atoms with E-state index in [0.29, 0.717) is 22.9 Å². The van der Waals surface area contributed by atoms with Crippen molar-refractivity contribution >= 4 is 23.4 Å². The molecule has 1 aromatic heterocycles. The van der Waals surface area contributed by atoms with Gasteiger partial charge in [0.25, 0.3) is 0 Å². The third-order valence-corrected chi connectivity index (χ3v) is 4.74. The highest BCUT2D eigenvalue weighted by Gasteiger charge is 2.19. The Morgan fingerprint density at radius 3 is 2.74 bits per heavy atom. The first-order valence-electron chi connectivity index (χ1n) is 7.34. The van der Waals surface area contributed by atoms with Crippen LogP contribution in [0, 0.1) is 0 Å². The van der Waals surface area contributed by atoms with Crippen LogP contribution in [0.25, 0.3) is 0 Å². The molecule has 6 heteroatoms. The van der Waals surface area contributed by atoms with Gasteiger partial charge in [-0.3, -0.25) is 4.79 Å². The van der Waals surface area contributed by atoms with E-state index in [1.807, 2.05) is 19.1 Å². The Bertz CT molecular complexity index is 628. The Morgan fingerprint density at radius 2 is 2.13 bits per heavy atom. The molecule has 1 atom stereocenters. The Labute approximate surface area is 140 Å². The molecule has 1 aromatic carbocycles. The predicted molar refractivity (Wildman–Crippen MR) is 92.3 cm³/mol. The lowest BCUT2D eigenvalue weighted by Crippen LogP contribution is -2.25. The van der Waals surface area contributed by atoms with Crippen LogP contribution in [0.2, 0.25) is 0 Å². The lowest BCUT2D eigenvalue weighted by atomic mass is 10.2. The highest BCUT2D eigenvalue weighted by Crippen LogP contribution is 2.30. The van der Waals surface area contributed by atoms with Crippen LogP contribution >= 0.6 is 11.8 Å². The van der Waals surface area contributed by atoms with E-state index < -0.39 is 0 Å². The van der Waals surface area contributed by atoms with E-state index >= 15 is 0 Å². The third-order valence-electron chi connectivity index (χ3n) is 3.34. The van der Waals surface area contributed by atoms with Crippen molar-refractivity contribution in [3.05, 3.63) is 42.4 Å². The lowest BCUT2D eigenvalue weighted by Gasteiger charge is -2.16. The molecule has 0 aliphatic carbocycles. The number of furan rings is 1. The number of hydrogen-bond donors (Lipinski definition) is 1. The zero-order valence-electron chi connectivity index (χ0n) is 13.5. The molecule has 0 saturated heterocycles. The van der Waals surface area contributed by atoms with Crippen LogP contribution in [0.15, 0.2) is 41.0 Å². The average molecular weight is 335 g/mol. The Morgan fingerprint density at radius 1 is 1.30 bits per heavy atom. The molecule has 0 saturated carbocycles. The smallest absolute Gasteiger partial charge is 0.237 e. The number of nitrogens with one attached hydrogen (secondary N) is 1. The van der Waals surface area contributed by atoms with Gasteiger partial charge in [-0.1, -0.05) is 6.92 Å². The summed E-state index contributed by atoms with van der Waals surface area (Å²) in [5.74, 6) is 2.73. The first-order valence-corrected chi connectivity index (χ1v) is 8.39. The molecule has 2 rings (SSSR count). The van der Waals surface area contributed by atoms with Gasteiger partial charge in [-0.15, -0.1) is 11.8 Å². The second kappa shape index (κ2) is 8.53. The van der Waals surface area contributed by atoms with Gasteiger partial charge in [0.15, 0.2) is 0 Å². The maximum absolute atomic E-state index is 12.5. The number of carbonyl (C=O) groups excluding carboxylic acids is 1. The molecule has 0 spiro atoms. The fourth-order valence-electron chi connectivity index (χ4n) is 2.07. The van der Waals surface area contributed by atoms with E-state index in [2.05, 4.69) is 5.32 Å². The van der Waals surface area contributed by atoms with E-state index in [9.17, 15) is 4.79 Å². The Hall–Kier alpha value is -2.08. The molecule has 1 unspecified atom stereocenters. The van der Waals surface area contributed by atoms with Crippen LogP contribution in [0.3, 0.4) is 0 Å². The van der Waals surface area contributed by atoms with E-state index in [4.69, 9.17) is 13.9 Å². The minimum absolute atomic E-state index is 0.0486. The van der Waals surface area contributed by atoms with Crippen LogP contribution in [0.4, 0.5) is 5.69 Å².